The molecule has 1 saturated heterocycles. The van der Waals surface area contributed by atoms with Crippen molar-refractivity contribution in [3.63, 3.8) is 0 Å². The van der Waals surface area contributed by atoms with Gasteiger partial charge in [0.25, 0.3) is 5.91 Å². The zero-order valence-corrected chi connectivity index (χ0v) is 16.2. The Bertz CT molecular complexity index is 562. The van der Waals surface area contributed by atoms with E-state index in [0.29, 0.717) is 12.1 Å². The van der Waals surface area contributed by atoms with Crippen LogP contribution in [0.25, 0.3) is 0 Å². The summed E-state index contributed by atoms with van der Waals surface area (Å²) in [6, 6.07) is 7.61. The van der Waals surface area contributed by atoms with Gasteiger partial charge in [-0.25, -0.2) is 0 Å². The zero-order chi connectivity index (χ0) is 18.6. The van der Waals surface area contributed by atoms with E-state index in [0.717, 1.165) is 31.0 Å². The summed E-state index contributed by atoms with van der Waals surface area (Å²) in [4.78, 5) is 18.4. The van der Waals surface area contributed by atoms with Crippen molar-refractivity contribution in [2.24, 2.45) is 4.99 Å². The Morgan fingerprint density at radius 1 is 1.08 bits per heavy atom. The molecule has 1 aliphatic rings. The molecular weight excluding hydrogens is 326 g/mol. The van der Waals surface area contributed by atoms with Gasteiger partial charge in [-0.1, -0.05) is 25.0 Å². The normalized spacial score (nSPS) is 16.0. The van der Waals surface area contributed by atoms with E-state index in [-0.39, 0.29) is 5.91 Å². The van der Waals surface area contributed by atoms with E-state index < -0.39 is 0 Å². The van der Waals surface area contributed by atoms with Gasteiger partial charge in [-0.2, -0.15) is 0 Å². The number of hydrogen-bond donors (Lipinski definition) is 3. The van der Waals surface area contributed by atoms with Crippen LogP contribution in [-0.2, 0) is 6.54 Å². The molecule has 0 radical (unpaired) electrons. The van der Waals surface area contributed by atoms with Gasteiger partial charge < -0.3 is 20.9 Å². The third-order valence-corrected chi connectivity index (χ3v) is 4.77. The first-order valence-corrected chi connectivity index (χ1v) is 9.71. The molecule has 0 saturated carbocycles. The molecule has 0 spiro atoms. The first-order chi connectivity index (χ1) is 12.7. The van der Waals surface area contributed by atoms with Gasteiger partial charge in [0, 0.05) is 32.7 Å². The van der Waals surface area contributed by atoms with Crippen LogP contribution in [0.5, 0.6) is 0 Å². The molecule has 1 aliphatic heterocycles. The molecule has 1 aromatic rings. The fourth-order valence-corrected chi connectivity index (χ4v) is 3.19. The molecule has 0 unspecified atom stereocenters. The number of nitrogens with zero attached hydrogens (tertiary/aromatic N) is 2. The van der Waals surface area contributed by atoms with Gasteiger partial charge in [0.2, 0.25) is 0 Å². The smallest absolute Gasteiger partial charge is 0.251 e. The summed E-state index contributed by atoms with van der Waals surface area (Å²) in [6.45, 7) is 5.26. The number of carbonyl (C=O) groups is 1. The molecule has 0 aromatic heterocycles. The predicted octanol–water partition coefficient (Wildman–Crippen LogP) is 1.98. The average molecular weight is 360 g/mol. The van der Waals surface area contributed by atoms with Crippen LogP contribution in [0.2, 0.25) is 0 Å². The topological polar surface area (TPSA) is 68.8 Å². The molecule has 6 nitrogen and oxygen atoms in total. The van der Waals surface area contributed by atoms with E-state index in [4.69, 9.17) is 0 Å². The second-order valence-corrected chi connectivity index (χ2v) is 6.74. The summed E-state index contributed by atoms with van der Waals surface area (Å²) in [5, 5.41) is 9.33. The van der Waals surface area contributed by atoms with E-state index in [1.807, 2.05) is 24.3 Å². The van der Waals surface area contributed by atoms with E-state index in [9.17, 15) is 4.79 Å². The highest BCUT2D eigenvalue weighted by molar-refractivity contribution is 5.93. The van der Waals surface area contributed by atoms with Crippen molar-refractivity contribution in [1.29, 1.82) is 0 Å². The standard InChI is InChI=1S/C20H33N5O/c1-21-19(26)18-10-8-17(9-11-18)16-24-20(22-2)23-12-7-15-25-13-5-3-4-6-14-25/h8-11H,3-7,12-16H2,1-2H3,(H,21,26)(H2,22,23,24). The Morgan fingerprint density at radius 2 is 1.77 bits per heavy atom. The molecular formula is C20H33N5O. The second kappa shape index (κ2) is 11.5. The van der Waals surface area contributed by atoms with Crippen LogP contribution in [0.3, 0.4) is 0 Å². The van der Waals surface area contributed by atoms with Crippen LogP contribution in [0.4, 0.5) is 0 Å². The Hall–Kier alpha value is -2.08. The lowest BCUT2D eigenvalue weighted by Gasteiger charge is -2.20. The van der Waals surface area contributed by atoms with Crippen molar-refractivity contribution in [1.82, 2.24) is 20.9 Å². The van der Waals surface area contributed by atoms with Gasteiger partial charge in [-0.15, -0.1) is 0 Å². The van der Waals surface area contributed by atoms with E-state index >= 15 is 0 Å². The van der Waals surface area contributed by atoms with E-state index in [1.165, 1.54) is 38.8 Å². The van der Waals surface area contributed by atoms with Crippen molar-refractivity contribution in [3.05, 3.63) is 35.4 Å². The zero-order valence-electron chi connectivity index (χ0n) is 16.2. The Balaban J connectivity index is 1.66. The number of nitrogens with one attached hydrogen (secondary N) is 3. The van der Waals surface area contributed by atoms with Crippen LogP contribution >= 0.6 is 0 Å². The third-order valence-electron chi connectivity index (χ3n) is 4.77. The number of amides is 1. The summed E-state index contributed by atoms with van der Waals surface area (Å²) >= 11 is 0. The minimum absolute atomic E-state index is 0.0635. The summed E-state index contributed by atoms with van der Waals surface area (Å²) in [6.07, 6.45) is 6.58. The van der Waals surface area contributed by atoms with E-state index in [2.05, 4.69) is 25.8 Å². The minimum Gasteiger partial charge on any atom is -0.356 e. The fourth-order valence-electron chi connectivity index (χ4n) is 3.19. The quantitative estimate of drug-likeness (QED) is 0.396. The van der Waals surface area contributed by atoms with Crippen molar-refractivity contribution in [2.75, 3.05) is 40.3 Å². The highest BCUT2D eigenvalue weighted by atomic mass is 16.1. The summed E-state index contributed by atoms with van der Waals surface area (Å²) in [7, 11) is 3.43. The van der Waals surface area contributed by atoms with Crippen LogP contribution in [0, 0.1) is 0 Å². The number of guanidine groups is 1. The maximum atomic E-state index is 11.6. The van der Waals surface area contributed by atoms with Crippen LogP contribution in [0.1, 0.15) is 48.0 Å². The van der Waals surface area contributed by atoms with Gasteiger partial charge in [0.1, 0.15) is 0 Å². The lowest BCUT2D eigenvalue weighted by molar-refractivity contribution is 0.0963. The van der Waals surface area contributed by atoms with Gasteiger partial charge >= 0.3 is 0 Å². The summed E-state index contributed by atoms with van der Waals surface area (Å²) < 4.78 is 0. The van der Waals surface area contributed by atoms with Crippen molar-refractivity contribution < 1.29 is 4.79 Å². The lowest BCUT2D eigenvalue weighted by atomic mass is 10.1. The second-order valence-electron chi connectivity index (χ2n) is 6.74. The molecule has 26 heavy (non-hydrogen) atoms. The van der Waals surface area contributed by atoms with E-state index in [1.54, 1.807) is 14.1 Å². The molecule has 3 N–H and O–H groups in total. The van der Waals surface area contributed by atoms with Crippen molar-refractivity contribution >= 4 is 11.9 Å². The Labute approximate surface area is 157 Å². The SMILES string of the molecule is CN=C(NCCCN1CCCCCC1)NCc1ccc(C(=O)NC)cc1. The first-order valence-electron chi connectivity index (χ1n) is 9.71. The third kappa shape index (κ3) is 7.04. The van der Waals surface area contributed by atoms with Crippen LogP contribution in [0.15, 0.2) is 29.3 Å². The fraction of sp³-hybridized carbons (Fsp3) is 0.600. The summed E-state index contributed by atoms with van der Waals surface area (Å²) in [5.41, 5.74) is 1.79. The van der Waals surface area contributed by atoms with Crippen molar-refractivity contribution in [3.8, 4) is 0 Å². The Kier molecular flexibility index (Phi) is 8.96. The highest BCUT2D eigenvalue weighted by Crippen LogP contribution is 2.09. The van der Waals surface area contributed by atoms with Gasteiger partial charge in [0.15, 0.2) is 5.96 Å². The van der Waals surface area contributed by atoms with Crippen LogP contribution in [-0.4, -0.2) is 57.0 Å². The predicted molar refractivity (Wildman–Crippen MR) is 108 cm³/mol. The molecule has 0 aliphatic carbocycles. The average Bonchev–Trinajstić information content (AvgIpc) is 2.96. The molecule has 1 amide bonds. The van der Waals surface area contributed by atoms with Gasteiger partial charge in [-0.3, -0.25) is 9.79 Å². The number of benzene rings is 1. The number of likely N-dealkylation sites (tertiary alicyclic amines) is 1. The number of hydrogen-bond acceptors (Lipinski definition) is 3. The molecule has 1 aromatic carbocycles. The lowest BCUT2D eigenvalue weighted by Crippen LogP contribution is -2.38. The first kappa shape index (κ1) is 20.2. The minimum atomic E-state index is -0.0635. The maximum absolute atomic E-state index is 11.6. The number of aliphatic imine (C=N–C) groups is 1. The highest BCUT2D eigenvalue weighted by Gasteiger charge is 2.08. The molecule has 1 fully saturated rings. The largest absolute Gasteiger partial charge is 0.356 e. The molecule has 0 bridgehead atoms. The van der Waals surface area contributed by atoms with Gasteiger partial charge in [0.05, 0.1) is 0 Å². The molecule has 6 heteroatoms. The van der Waals surface area contributed by atoms with Gasteiger partial charge in [-0.05, 0) is 56.6 Å². The molecule has 0 atom stereocenters. The molecule has 1 heterocycles. The van der Waals surface area contributed by atoms with Crippen LogP contribution < -0.4 is 16.0 Å². The number of carbonyl (C=O) groups excluding carboxylic acids is 1. The Morgan fingerprint density at radius 3 is 2.38 bits per heavy atom. The maximum Gasteiger partial charge on any atom is 0.251 e. The molecule has 144 valence electrons. The monoisotopic (exact) mass is 359 g/mol. The van der Waals surface area contributed by atoms with Crippen molar-refractivity contribution in [2.45, 2.75) is 38.6 Å². The molecule has 2 rings (SSSR count). The number of rotatable bonds is 7. The summed E-state index contributed by atoms with van der Waals surface area (Å²) in [5.74, 6) is 0.752.